The highest BCUT2D eigenvalue weighted by Gasteiger charge is 2.34. The van der Waals surface area contributed by atoms with Gasteiger partial charge in [0.1, 0.15) is 11.5 Å². The molecular weight excluding hydrogens is 384 g/mol. The molecule has 6 heteroatoms. The maximum atomic E-state index is 12.7. The number of anilines is 1. The van der Waals surface area contributed by atoms with Gasteiger partial charge in [-0.2, -0.15) is 0 Å². The monoisotopic (exact) mass is 406 g/mol. The molecule has 0 bridgehead atoms. The molecule has 1 aromatic heterocycles. The lowest BCUT2D eigenvalue weighted by molar-refractivity contribution is 0.0726. The van der Waals surface area contributed by atoms with Crippen molar-refractivity contribution >= 4 is 23.3 Å². The number of nitrogens with one attached hydrogen (secondary N) is 1. The number of benzene rings is 2. The number of aromatic nitrogens is 2. The lowest BCUT2D eigenvalue weighted by Crippen LogP contribution is -2.31. The molecule has 0 aliphatic carbocycles. The average Bonchev–Trinajstić information content (AvgIpc) is 3.06. The highest BCUT2D eigenvalue weighted by Crippen LogP contribution is 2.31. The Morgan fingerprint density at radius 1 is 1.00 bits per heavy atom. The SMILES string of the molecule is CC(C)N1Cc2c(NCC(c3ccccc3)c3ccccc3)nc(Cl)nc2C1=O. The van der Waals surface area contributed by atoms with E-state index >= 15 is 0 Å². The van der Waals surface area contributed by atoms with E-state index in [2.05, 4.69) is 39.6 Å². The van der Waals surface area contributed by atoms with Crippen molar-refractivity contribution in [3.63, 3.8) is 0 Å². The van der Waals surface area contributed by atoms with Crippen molar-refractivity contribution in [3.8, 4) is 0 Å². The van der Waals surface area contributed by atoms with Crippen LogP contribution < -0.4 is 5.32 Å². The second-order valence-electron chi connectivity index (χ2n) is 7.45. The molecular formula is C23H23ClN4O. The van der Waals surface area contributed by atoms with Crippen LogP contribution in [0.1, 0.15) is 46.9 Å². The summed E-state index contributed by atoms with van der Waals surface area (Å²) in [4.78, 5) is 23.0. The molecule has 0 saturated heterocycles. The summed E-state index contributed by atoms with van der Waals surface area (Å²) >= 11 is 6.14. The Balaban J connectivity index is 1.64. The van der Waals surface area contributed by atoms with Crippen molar-refractivity contribution in [2.24, 2.45) is 0 Å². The van der Waals surface area contributed by atoms with Gasteiger partial charge in [-0.15, -0.1) is 0 Å². The van der Waals surface area contributed by atoms with E-state index in [1.165, 1.54) is 11.1 Å². The van der Waals surface area contributed by atoms with Crippen LogP contribution in [-0.4, -0.2) is 33.4 Å². The van der Waals surface area contributed by atoms with Crippen molar-refractivity contribution in [3.05, 3.63) is 88.3 Å². The van der Waals surface area contributed by atoms with Crippen LogP contribution in [0.5, 0.6) is 0 Å². The molecule has 0 radical (unpaired) electrons. The minimum atomic E-state index is -0.0926. The standard InChI is InChI=1S/C23H23ClN4O/c1-15(2)28-14-19-20(22(28)29)26-23(24)27-21(19)25-13-18(16-9-5-3-6-10-16)17-11-7-4-8-12-17/h3-12,15,18H,13-14H2,1-2H3,(H,25,26,27). The van der Waals surface area contributed by atoms with E-state index in [0.717, 1.165) is 5.56 Å². The van der Waals surface area contributed by atoms with Gasteiger partial charge in [0.05, 0.1) is 6.54 Å². The van der Waals surface area contributed by atoms with Gasteiger partial charge in [-0.3, -0.25) is 4.79 Å². The van der Waals surface area contributed by atoms with Crippen LogP contribution in [0.2, 0.25) is 5.28 Å². The molecule has 0 unspecified atom stereocenters. The Morgan fingerprint density at radius 3 is 2.14 bits per heavy atom. The Bertz CT molecular complexity index is 969. The fourth-order valence-corrected chi connectivity index (χ4v) is 3.89. The Kier molecular flexibility index (Phi) is 5.49. The van der Waals surface area contributed by atoms with Crippen molar-refractivity contribution < 1.29 is 4.79 Å². The molecule has 0 saturated carbocycles. The zero-order chi connectivity index (χ0) is 20.4. The second kappa shape index (κ2) is 8.21. The van der Waals surface area contributed by atoms with Gasteiger partial charge in [0.25, 0.3) is 5.91 Å². The van der Waals surface area contributed by atoms with E-state index in [-0.39, 0.29) is 23.2 Å². The van der Waals surface area contributed by atoms with Crippen molar-refractivity contribution in [1.29, 1.82) is 0 Å². The third kappa shape index (κ3) is 3.96. The summed E-state index contributed by atoms with van der Waals surface area (Å²) in [6, 6.07) is 20.8. The van der Waals surface area contributed by atoms with Gasteiger partial charge in [-0.05, 0) is 36.6 Å². The molecule has 1 aliphatic heterocycles. The van der Waals surface area contributed by atoms with Crippen LogP contribution in [0, 0.1) is 0 Å². The predicted molar refractivity (Wildman–Crippen MR) is 115 cm³/mol. The summed E-state index contributed by atoms with van der Waals surface area (Å²) in [5.74, 6) is 0.679. The maximum Gasteiger partial charge on any atom is 0.273 e. The van der Waals surface area contributed by atoms with Gasteiger partial charge in [0.2, 0.25) is 5.28 Å². The first-order chi connectivity index (χ1) is 14.0. The number of carbonyl (C=O) groups excluding carboxylic acids is 1. The van der Waals surface area contributed by atoms with Crippen LogP contribution in [0.15, 0.2) is 60.7 Å². The molecule has 1 aliphatic rings. The van der Waals surface area contributed by atoms with Gasteiger partial charge in [-0.1, -0.05) is 60.7 Å². The average molecular weight is 407 g/mol. The van der Waals surface area contributed by atoms with Crippen molar-refractivity contribution in [2.45, 2.75) is 32.4 Å². The highest BCUT2D eigenvalue weighted by atomic mass is 35.5. The van der Waals surface area contributed by atoms with Crippen LogP contribution in [0.25, 0.3) is 0 Å². The zero-order valence-electron chi connectivity index (χ0n) is 16.5. The lowest BCUT2D eigenvalue weighted by Gasteiger charge is -2.21. The Morgan fingerprint density at radius 2 is 1.59 bits per heavy atom. The molecule has 3 aromatic rings. The molecule has 0 atom stereocenters. The van der Waals surface area contributed by atoms with Crippen LogP contribution in [0.4, 0.5) is 5.82 Å². The molecule has 148 valence electrons. The minimum Gasteiger partial charge on any atom is -0.369 e. The number of nitrogens with zero attached hydrogens (tertiary/aromatic N) is 3. The Labute approximate surface area is 175 Å². The third-order valence-electron chi connectivity index (χ3n) is 5.27. The number of carbonyl (C=O) groups is 1. The highest BCUT2D eigenvalue weighted by molar-refractivity contribution is 6.28. The molecule has 1 N–H and O–H groups in total. The van der Waals surface area contributed by atoms with Crippen molar-refractivity contribution in [1.82, 2.24) is 14.9 Å². The Hall–Kier alpha value is -2.92. The van der Waals surface area contributed by atoms with Gasteiger partial charge in [0.15, 0.2) is 0 Å². The summed E-state index contributed by atoms with van der Waals surface area (Å²) in [7, 11) is 0. The van der Waals surface area contributed by atoms with E-state index in [0.29, 0.717) is 24.6 Å². The molecule has 4 rings (SSSR count). The fraction of sp³-hybridized carbons (Fsp3) is 0.261. The summed E-state index contributed by atoms with van der Waals surface area (Å²) in [6.07, 6.45) is 0. The first kappa shape index (κ1) is 19.4. The smallest absolute Gasteiger partial charge is 0.273 e. The van der Waals surface area contributed by atoms with E-state index in [9.17, 15) is 4.79 Å². The largest absolute Gasteiger partial charge is 0.369 e. The van der Waals surface area contributed by atoms with Crippen LogP contribution in [-0.2, 0) is 6.54 Å². The normalized spacial score (nSPS) is 13.3. The molecule has 0 spiro atoms. The summed E-state index contributed by atoms with van der Waals surface area (Å²) in [5.41, 5.74) is 3.64. The van der Waals surface area contributed by atoms with Gasteiger partial charge in [0, 0.05) is 24.1 Å². The van der Waals surface area contributed by atoms with E-state index in [1.54, 1.807) is 4.90 Å². The van der Waals surface area contributed by atoms with Crippen molar-refractivity contribution in [2.75, 3.05) is 11.9 Å². The molecule has 2 heterocycles. The minimum absolute atomic E-state index is 0.0844. The first-order valence-electron chi connectivity index (χ1n) is 9.75. The molecule has 5 nitrogen and oxygen atoms in total. The quantitative estimate of drug-likeness (QED) is 0.601. The summed E-state index contributed by atoms with van der Waals surface area (Å²) in [6.45, 7) is 5.11. The number of hydrogen-bond acceptors (Lipinski definition) is 4. The number of fused-ring (bicyclic) bond motifs is 1. The number of amides is 1. The maximum absolute atomic E-state index is 12.7. The fourth-order valence-electron chi connectivity index (χ4n) is 3.72. The van der Waals surface area contributed by atoms with Crippen LogP contribution >= 0.6 is 11.6 Å². The summed E-state index contributed by atoms with van der Waals surface area (Å²) in [5, 5.41) is 3.53. The predicted octanol–water partition coefficient (Wildman–Crippen LogP) is 4.74. The van der Waals surface area contributed by atoms with E-state index < -0.39 is 0 Å². The second-order valence-corrected chi connectivity index (χ2v) is 7.79. The molecule has 1 amide bonds. The van der Waals surface area contributed by atoms with E-state index in [1.807, 2.05) is 50.2 Å². The number of rotatable bonds is 6. The zero-order valence-corrected chi connectivity index (χ0v) is 17.2. The lowest BCUT2D eigenvalue weighted by atomic mass is 9.91. The topological polar surface area (TPSA) is 58.1 Å². The van der Waals surface area contributed by atoms with E-state index in [4.69, 9.17) is 11.6 Å². The first-order valence-corrected chi connectivity index (χ1v) is 10.1. The molecule has 0 fully saturated rings. The van der Waals surface area contributed by atoms with Gasteiger partial charge < -0.3 is 10.2 Å². The molecule has 2 aromatic carbocycles. The van der Waals surface area contributed by atoms with Crippen LogP contribution in [0.3, 0.4) is 0 Å². The number of halogens is 1. The summed E-state index contributed by atoms with van der Waals surface area (Å²) < 4.78 is 0. The van der Waals surface area contributed by atoms with Gasteiger partial charge >= 0.3 is 0 Å². The molecule has 29 heavy (non-hydrogen) atoms. The third-order valence-corrected chi connectivity index (χ3v) is 5.44. The van der Waals surface area contributed by atoms with Gasteiger partial charge in [-0.25, -0.2) is 9.97 Å². The number of hydrogen-bond donors (Lipinski definition) is 1.